The maximum atomic E-state index is 11.9. The lowest BCUT2D eigenvalue weighted by Gasteiger charge is -2.22. The number of urea groups is 1. The molecule has 0 saturated heterocycles. The fourth-order valence-corrected chi connectivity index (χ4v) is 2.01. The summed E-state index contributed by atoms with van der Waals surface area (Å²) in [6.07, 6.45) is 0.755. The van der Waals surface area contributed by atoms with E-state index in [1.165, 1.54) is 7.11 Å². The molecule has 0 bridgehead atoms. The molecular weight excluding hydrogens is 292 g/mol. The standard InChI is InChI=1S/C15H21ClN2O3/c1-4-10(2)13(14(19)21-3)18-15(20)17-9-11-7-5-6-8-12(11)16/h5-8,10,13H,4,9H2,1-3H3,(H2,17,18,20)/t10?,13-/m0/s1. The molecule has 1 unspecified atom stereocenters. The summed E-state index contributed by atoms with van der Waals surface area (Å²) in [5.41, 5.74) is 0.812. The average Bonchev–Trinajstić information content (AvgIpc) is 2.50. The summed E-state index contributed by atoms with van der Waals surface area (Å²) in [6.45, 7) is 4.12. The minimum Gasteiger partial charge on any atom is -0.467 e. The van der Waals surface area contributed by atoms with Crippen LogP contribution in [0.2, 0.25) is 5.02 Å². The Kier molecular flexibility index (Phi) is 7.02. The van der Waals surface area contributed by atoms with Crippen LogP contribution in [0.15, 0.2) is 24.3 Å². The first-order valence-electron chi connectivity index (χ1n) is 6.85. The highest BCUT2D eigenvalue weighted by atomic mass is 35.5. The third-order valence-electron chi connectivity index (χ3n) is 3.35. The van der Waals surface area contributed by atoms with Gasteiger partial charge in [0.05, 0.1) is 7.11 Å². The lowest BCUT2D eigenvalue weighted by atomic mass is 9.99. The van der Waals surface area contributed by atoms with Crippen LogP contribution in [0.5, 0.6) is 0 Å². The zero-order valence-corrected chi connectivity index (χ0v) is 13.2. The number of nitrogens with one attached hydrogen (secondary N) is 2. The normalized spacial score (nSPS) is 13.1. The Morgan fingerprint density at radius 3 is 2.57 bits per heavy atom. The number of methoxy groups -OCH3 is 1. The number of hydrogen-bond donors (Lipinski definition) is 2. The van der Waals surface area contributed by atoms with Crippen LogP contribution >= 0.6 is 11.6 Å². The fourth-order valence-electron chi connectivity index (χ4n) is 1.81. The van der Waals surface area contributed by atoms with E-state index in [9.17, 15) is 9.59 Å². The number of amides is 2. The van der Waals surface area contributed by atoms with Crippen molar-refractivity contribution in [3.63, 3.8) is 0 Å². The van der Waals surface area contributed by atoms with E-state index in [4.69, 9.17) is 16.3 Å². The van der Waals surface area contributed by atoms with Crippen molar-refractivity contribution >= 4 is 23.6 Å². The number of rotatable bonds is 6. The number of carbonyl (C=O) groups is 2. The number of halogens is 1. The van der Waals surface area contributed by atoms with Gasteiger partial charge in [-0.3, -0.25) is 0 Å². The molecule has 0 aliphatic carbocycles. The van der Waals surface area contributed by atoms with Gasteiger partial charge in [-0.1, -0.05) is 50.1 Å². The van der Waals surface area contributed by atoms with E-state index in [-0.39, 0.29) is 5.92 Å². The number of benzene rings is 1. The van der Waals surface area contributed by atoms with Gasteiger partial charge < -0.3 is 15.4 Å². The van der Waals surface area contributed by atoms with Crippen molar-refractivity contribution in [3.05, 3.63) is 34.9 Å². The molecule has 116 valence electrons. The first kappa shape index (κ1) is 17.3. The van der Waals surface area contributed by atoms with Crippen molar-refractivity contribution in [1.82, 2.24) is 10.6 Å². The van der Waals surface area contributed by atoms with E-state index in [0.717, 1.165) is 12.0 Å². The zero-order valence-electron chi connectivity index (χ0n) is 12.5. The smallest absolute Gasteiger partial charge is 0.328 e. The van der Waals surface area contributed by atoms with Crippen LogP contribution in [-0.4, -0.2) is 25.2 Å². The van der Waals surface area contributed by atoms with Crippen LogP contribution in [0.4, 0.5) is 4.79 Å². The summed E-state index contributed by atoms with van der Waals surface area (Å²) in [4.78, 5) is 23.6. The SMILES string of the molecule is CCC(C)[C@H](NC(=O)NCc1ccccc1Cl)C(=O)OC. The van der Waals surface area contributed by atoms with E-state index in [1.54, 1.807) is 6.07 Å². The van der Waals surface area contributed by atoms with Gasteiger partial charge in [0.1, 0.15) is 6.04 Å². The Labute approximate surface area is 130 Å². The zero-order chi connectivity index (χ0) is 15.8. The van der Waals surface area contributed by atoms with Crippen LogP contribution in [0, 0.1) is 5.92 Å². The van der Waals surface area contributed by atoms with Gasteiger partial charge in [-0.25, -0.2) is 9.59 Å². The number of hydrogen-bond acceptors (Lipinski definition) is 3. The van der Waals surface area contributed by atoms with E-state index in [1.807, 2.05) is 32.0 Å². The summed E-state index contributed by atoms with van der Waals surface area (Å²) in [7, 11) is 1.31. The van der Waals surface area contributed by atoms with Gasteiger partial charge in [0.2, 0.25) is 0 Å². The summed E-state index contributed by atoms with van der Waals surface area (Å²) < 4.78 is 4.72. The monoisotopic (exact) mass is 312 g/mol. The maximum Gasteiger partial charge on any atom is 0.328 e. The Hall–Kier alpha value is -1.75. The summed E-state index contributed by atoms with van der Waals surface area (Å²) >= 11 is 6.01. The molecule has 0 saturated carbocycles. The highest BCUT2D eigenvalue weighted by Crippen LogP contribution is 2.14. The second-order valence-corrected chi connectivity index (χ2v) is 5.21. The van der Waals surface area contributed by atoms with Crippen molar-refractivity contribution in [2.75, 3.05) is 7.11 Å². The highest BCUT2D eigenvalue weighted by Gasteiger charge is 2.26. The number of carbonyl (C=O) groups excluding carboxylic acids is 2. The molecule has 6 heteroatoms. The van der Waals surface area contributed by atoms with E-state index >= 15 is 0 Å². The van der Waals surface area contributed by atoms with E-state index in [2.05, 4.69) is 10.6 Å². The molecule has 1 aromatic rings. The molecule has 0 aliphatic rings. The van der Waals surface area contributed by atoms with E-state index < -0.39 is 18.0 Å². The van der Waals surface area contributed by atoms with Gasteiger partial charge in [-0.05, 0) is 17.5 Å². The molecule has 0 fully saturated rings. The van der Waals surface area contributed by atoms with Crippen molar-refractivity contribution in [3.8, 4) is 0 Å². The quantitative estimate of drug-likeness (QED) is 0.794. The van der Waals surface area contributed by atoms with Crippen LogP contribution in [0.25, 0.3) is 0 Å². The van der Waals surface area contributed by atoms with Gasteiger partial charge in [0.25, 0.3) is 0 Å². The molecule has 2 atom stereocenters. The minimum atomic E-state index is -0.661. The van der Waals surface area contributed by atoms with Crippen molar-refractivity contribution in [2.24, 2.45) is 5.92 Å². The summed E-state index contributed by atoms with van der Waals surface area (Å²) in [5, 5.41) is 5.91. The Balaban J connectivity index is 2.58. The Morgan fingerprint density at radius 2 is 2.00 bits per heavy atom. The van der Waals surface area contributed by atoms with Crippen LogP contribution in [-0.2, 0) is 16.1 Å². The predicted octanol–water partition coefficient (Wildman–Crippen LogP) is 2.73. The molecule has 0 aromatic heterocycles. The molecule has 5 nitrogen and oxygen atoms in total. The third kappa shape index (κ3) is 5.27. The van der Waals surface area contributed by atoms with Gasteiger partial charge >= 0.3 is 12.0 Å². The molecule has 0 radical (unpaired) electrons. The molecule has 0 heterocycles. The molecule has 1 rings (SSSR count). The van der Waals surface area contributed by atoms with Gasteiger partial charge in [0.15, 0.2) is 0 Å². The summed E-state index contributed by atoms with van der Waals surface area (Å²) in [6, 6.07) is 6.17. The molecule has 1 aromatic carbocycles. The average molecular weight is 313 g/mol. The van der Waals surface area contributed by atoms with Crippen molar-refractivity contribution in [1.29, 1.82) is 0 Å². The lowest BCUT2D eigenvalue weighted by Crippen LogP contribution is -2.49. The first-order chi connectivity index (χ1) is 9.99. The Bertz CT molecular complexity index is 494. The van der Waals surface area contributed by atoms with Crippen molar-refractivity contribution in [2.45, 2.75) is 32.9 Å². The van der Waals surface area contributed by atoms with E-state index in [0.29, 0.717) is 11.6 Å². The summed E-state index contributed by atoms with van der Waals surface area (Å²) in [5.74, 6) is -0.458. The van der Waals surface area contributed by atoms with Crippen LogP contribution in [0.1, 0.15) is 25.8 Å². The minimum absolute atomic E-state index is 0.0106. The van der Waals surface area contributed by atoms with Crippen LogP contribution < -0.4 is 10.6 Å². The number of esters is 1. The lowest BCUT2D eigenvalue weighted by molar-refractivity contribution is -0.144. The fraction of sp³-hybridized carbons (Fsp3) is 0.467. The largest absolute Gasteiger partial charge is 0.467 e. The van der Waals surface area contributed by atoms with Gasteiger partial charge in [-0.2, -0.15) is 0 Å². The molecule has 2 amide bonds. The predicted molar refractivity (Wildman–Crippen MR) is 82.1 cm³/mol. The van der Waals surface area contributed by atoms with Crippen LogP contribution in [0.3, 0.4) is 0 Å². The molecule has 21 heavy (non-hydrogen) atoms. The topological polar surface area (TPSA) is 67.4 Å². The Morgan fingerprint density at radius 1 is 1.33 bits per heavy atom. The third-order valence-corrected chi connectivity index (χ3v) is 3.72. The maximum absolute atomic E-state index is 11.9. The van der Waals surface area contributed by atoms with Crippen molar-refractivity contribution < 1.29 is 14.3 Å². The first-order valence-corrected chi connectivity index (χ1v) is 7.23. The molecule has 0 aliphatic heterocycles. The van der Waals surface area contributed by atoms with Gasteiger partial charge in [-0.15, -0.1) is 0 Å². The highest BCUT2D eigenvalue weighted by molar-refractivity contribution is 6.31. The second-order valence-electron chi connectivity index (χ2n) is 4.80. The van der Waals surface area contributed by atoms with Gasteiger partial charge in [0, 0.05) is 11.6 Å². The molecular formula is C15H21ClN2O3. The molecule has 2 N–H and O–H groups in total. The second kappa shape index (κ2) is 8.52. The number of ether oxygens (including phenoxy) is 1. The molecule has 0 spiro atoms.